The first-order chi connectivity index (χ1) is 41.4. The summed E-state index contributed by atoms with van der Waals surface area (Å²) in [5.74, 6) is -14.5. The van der Waals surface area contributed by atoms with Gasteiger partial charge >= 0.3 is 5.97 Å². The lowest BCUT2D eigenvalue weighted by Gasteiger charge is -2.31. The fourth-order valence-electron chi connectivity index (χ4n) is 10.7. The third-order valence-electron chi connectivity index (χ3n) is 14.9. The summed E-state index contributed by atoms with van der Waals surface area (Å²) >= 11 is 13.7. The van der Waals surface area contributed by atoms with E-state index in [2.05, 4.69) is 31.9 Å². The molecule has 0 spiro atoms. The Morgan fingerprint density at radius 1 is 0.517 bits per heavy atom. The number of phenolic OH excluding ortho intramolecular Hbond substituents is 6. The number of likely N-dealkylation sites (N-methyl/N-ethyl adjacent to an activating group) is 1. The summed E-state index contributed by atoms with van der Waals surface area (Å²) in [6.07, 6.45) is -2.38. The maximum absolute atomic E-state index is 15.7. The number of halogens is 2. The molecule has 446 valence electrons. The Labute approximate surface area is 501 Å². The highest BCUT2D eigenvalue weighted by molar-refractivity contribution is 6.33. The topological polar surface area (TPSA) is 384 Å². The van der Waals surface area contributed by atoms with E-state index in [1.807, 2.05) is 0 Å². The van der Waals surface area contributed by atoms with Crippen LogP contribution < -0.4 is 46.1 Å². The molecule has 27 heteroatoms. The van der Waals surface area contributed by atoms with Crippen LogP contribution in [0.1, 0.15) is 75.3 Å². The van der Waals surface area contributed by atoms with E-state index in [0.717, 1.165) is 60.7 Å². The van der Waals surface area contributed by atoms with Crippen molar-refractivity contribution in [1.29, 1.82) is 0 Å². The van der Waals surface area contributed by atoms with Crippen molar-refractivity contribution in [2.24, 2.45) is 0 Å². The molecule has 7 aromatic rings. The number of carboxylic acids is 1. The van der Waals surface area contributed by atoms with E-state index in [9.17, 15) is 55.2 Å². The molecule has 25 nitrogen and oxygen atoms in total. The Morgan fingerprint density at radius 3 is 1.84 bits per heavy atom. The highest BCUT2D eigenvalue weighted by atomic mass is 35.5. The second-order valence-corrected chi connectivity index (χ2v) is 21.7. The Hall–Kier alpha value is -10.5. The van der Waals surface area contributed by atoms with Crippen molar-refractivity contribution in [2.45, 2.75) is 54.8 Å². The molecule has 17 bridgehead atoms. The molecule has 6 heterocycles. The van der Waals surface area contributed by atoms with Gasteiger partial charge in [-0.3, -0.25) is 33.7 Å². The molecule has 13 rings (SSSR count). The normalized spacial score (nSPS) is 21.9. The summed E-state index contributed by atoms with van der Waals surface area (Å²) in [6.45, 7) is 0. The molecule has 0 aliphatic carbocycles. The van der Waals surface area contributed by atoms with Crippen LogP contribution in [0, 0.1) is 0 Å². The number of ether oxygens (including phenoxy) is 3. The maximum atomic E-state index is 15.7. The quantitative estimate of drug-likeness (QED) is 0.100. The van der Waals surface area contributed by atoms with Crippen LogP contribution in [0.5, 0.6) is 69.0 Å². The van der Waals surface area contributed by atoms with E-state index >= 15 is 19.2 Å². The van der Waals surface area contributed by atoms with Gasteiger partial charge in [0.2, 0.25) is 41.2 Å². The van der Waals surface area contributed by atoms with Crippen molar-refractivity contribution in [3.63, 3.8) is 0 Å². The van der Waals surface area contributed by atoms with Crippen LogP contribution in [0.15, 0.2) is 115 Å². The van der Waals surface area contributed by atoms with Gasteiger partial charge in [-0.1, -0.05) is 53.5 Å². The molecule has 7 aromatic carbocycles. The van der Waals surface area contributed by atoms with E-state index in [-0.39, 0.29) is 51.1 Å². The Bertz CT molecular complexity index is 4070. The summed E-state index contributed by atoms with van der Waals surface area (Å²) in [7, 11) is 3.18. The number of aliphatic carboxylic acids is 1. The van der Waals surface area contributed by atoms with Gasteiger partial charge in [-0.2, -0.15) is 0 Å². The number of hydrogen-bond donors (Lipinski definition) is 14. The summed E-state index contributed by atoms with van der Waals surface area (Å²) in [4.78, 5) is 105. The molecule has 6 aliphatic rings. The average molecular weight is 1230 g/mol. The Balaban J connectivity index is 1.14. The summed E-state index contributed by atoms with van der Waals surface area (Å²) in [6, 6.07) is 9.54. The number of hydrogen-bond acceptors (Lipinski definition) is 18. The van der Waals surface area contributed by atoms with Gasteiger partial charge in [-0.15, -0.1) is 0 Å². The summed E-state index contributed by atoms with van der Waals surface area (Å²) in [5, 5.41) is 105. The minimum Gasteiger partial charge on any atom is -0.508 e. The van der Waals surface area contributed by atoms with Crippen LogP contribution >= 0.6 is 23.2 Å². The standard InChI is InChI=1S/C60H49Cl2N7O18/c1-69(2)51-25-6-11-37(72)41(16-25)86-30-21-33(45(62)39(74)22-30)48-57(80)65-47-27-17-42(85-29-8-3-23(4-9-29)13-35(54(77)66-48)63-59(51)82)53(76)43(18-27)87-40-12-7-26(15-34(40)61)52(75)50-58(81)67-49(60(83)84)32-19-28(70)20-38(73)44(32)31-14-24(5-10-36(31)71)46(55(78)68-50)64-56(47)79/h3-12,14-22,35,46-52,70-76H,13H2,1-2H3,(H,63,82)(H,64,79)(H,65,80)(H,66,77)(H,67,81)(H,68,78)(H,83,84). The molecule has 14 N–H and O–H groups in total. The van der Waals surface area contributed by atoms with E-state index in [1.165, 1.54) is 47.4 Å². The van der Waals surface area contributed by atoms with Crippen LogP contribution in [-0.4, -0.2) is 113 Å². The monoisotopic (exact) mass is 1230 g/mol. The predicted molar refractivity (Wildman–Crippen MR) is 304 cm³/mol. The molecule has 0 saturated carbocycles. The number of carbonyl (C=O) groups is 7. The van der Waals surface area contributed by atoms with E-state index in [0.29, 0.717) is 11.1 Å². The number of nitrogens with one attached hydrogen (secondary N) is 6. The van der Waals surface area contributed by atoms with Gasteiger partial charge in [0.05, 0.1) is 10.0 Å². The first-order valence-electron chi connectivity index (χ1n) is 26.3. The van der Waals surface area contributed by atoms with E-state index in [4.69, 9.17) is 37.4 Å². The van der Waals surface area contributed by atoms with Gasteiger partial charge in [-0.05, 0) is 115 Å². The van der Waals surface area contributed by atoms with Crippen LogP contribution in [0.25, 0.3) is 11.1 Å². The van der Waals surface area contributed by atoms with Crippen LogP contribution in [0.4, 0.5) is 0 Å². The lowest BCUT2D eigenvalue weighted by atomic mass is 9.89. The van der Waals surface area contributed by atoms with Crippen molar-refractivity contribution in [2.75, 3.05) is 14.1 Å². The van der Waals surface area contributed by atoms with Crippen LogP contribution in [0.2, 0.25) is 10.0 Å². The number of aliphatic hydroxyl groups is 1. The number of phenols is 6. The molecule has 6 aliphatic heterocycles. The summed E-state index contributed by atoms with van der Waals surface area (Å²) in [5.41, 5.74) is -1.83. The molecule has 8 unspecified atom stereocenters. The number of aromatic hydroxyl groups is 6. The number of rotatable bonds is 2. The highest BCUT2D eigenvalue weighted by Gasteiger charge is 2.42. The SMILES string of the molecule is CN(C)C1C(=O)NC2Cc3ccc(cc3)Oc3cc4cc(c3O)Oc3ccc(cc3Cl)C(O)C3NC(=O)C(NC(=O)C4NC(=O)C(NC2=O)c2cc(cc(O)c2Cl)Oc2cc1ccc2O)c1ccc(O)c(c1)-c1c(O)cc(O)cc1C(C(=O)O)NC3=O. The smallest absolute Gasteiger partial charge is 0.330 e. The van der Waals surface area contributed by atoms with Gasteiger partial charge < -0.3 is 87.0 Å². The first kappa shape index (κ1) is 58.3. The number of carbonyl (C=O) groups excluding carboxylic acids is 6. The number of benzene rings is 7. The van der Waals surface area contributed by atoms with Gasteiger partial charge in [0, 0.05) is 40.8 Å². The zero-order valence-corrected chi connectivity index (χ0v) is 46.7. The largest absolute Gasteiger partial charge is 0.508 e. The van der Waals surface area contributed by atoms with Crippen LogP contribution in [0.3, 0.4) is 0 Å². The molecule has 8 atom stereocenters. The molecule has 0 fully saturated rings. The number of carboxylic acid groups (broad SMARTS) is 1. The lowest BCUT2D eigenvalue weighted by Crippen LogP contribution is -2.55. The van der Waals surface area contributed by atoms with Crippen molar-refractivity contribution < 1.29 is 88.6 Å². The minimum atomic E-state index is -2.19. The van der Waals surface area contributed by atoms with Gasteiger partial charge in [0.25, 0.3) is 0 Å². The van der Waals surface area contributed by atoms with Crippen molar-refractivity contribution in [3.05, 3.63) is 164 Å². The zero-order valence-electron chi connectivity index (χ0n) is 45.2. The van der Waals surface area contributed by atoms with Crippen molar-refractivity contribution in [1.82, 2.24) is 36.8 Å². The highest BCUT2D eigenvalue weighted by Crippen LogP contribution is 2.48. The fraction of sp³-hybridized carbons (Fsp3) is 0.183. The molecule has 0 radical (unpaired) electrons. The average Bonchev–Trinajstić information content (AvgIpc) is 3.58. The summed E-state index contributed by atoms with van der Waals surface area (Å²) < 4.78 is 18.6. The molecule has 0 saturated heterocycles. The van der Waals surface area contributed by atoms with Gasteiger partial charge in [-0.25, -0.2) is 4.79 Å². The number of amides is 6. The fourth-order valence-corrected chi connectivity index (χ4v) is 11.1. The molecule has 87 heavy (non-hydrogen) atoms. The Kier molecular flexibility index (Phi) is 15.3. The second kappa shape index (κ2) is 22.8. The van der Waals surface area contributed by atoms with Crippen LogP contribution in [-0.2, 0) is 40.0 Å². The third kappa shape index (κ3) is 11.2. The third-order valence-corrected chi connectivity index (χ3v) is 15.6. The van der Waals surface area contributed by atoms with Gasteiger partial charge in [0.1, 0.15) is 82.6 Å². The molecule has 0 aromatic heterocycles. The zero-order chi connectivity index (χ0) is 62.0. The lowest BCUT2D eigenvalue weighted by molar-refractivity contribution is -0.143. The number of fused-ring (bicyclic) bond motifs is 14. The van der Waals surface area contributed by atoms with Crippen molar-refractivity contribution >= 4 is 64.6 Å². The minimum absolute atomic E-state index is 0.0452. The van der Waals surface area contributed by atoms with Crippen molar-refractivity contribution in [3.8, 4) is 80.1 Å². The second-order valence-electron chi connectivity index (χ2n) is 21.0. The van der Waals surface area contributed by atoms with Gasteiger partial charge in [0.15, 0.2) is 29.0 Å². The number of nitrogens with zero attached hydrogens (tertiary/aromatic N) is 1. The number of aliphatic hydroxyl groups excluding tert-OH is 1. The Morgan fingerprint density at radius 2 is 1.14 bits per heavy atom. The maximum Gasteiger partial charge on any atom is 0.330 e. The first-order valence-corrected chi connectivity index (χ1v) is 27.1. The predicted octanol–water partition coefficient (Wildman–Crippen LogP) is 5.59. The van der Waals surface area contributed by atoms with E-state index in [1.54, 1.807) is 26.2 Å². The molecular formula is C60H49Cl2N7O18. The molecular weight excluding hydrogens is 1180 g/mol. The molecule has 6 amide bonds. The van der Waals surface area contributed by atoms with E-state index < -0.39 is 163 Å².